The zero-order valence-electron chi connectivity index (χ0n) is 14.9. The van der Waals surface area contributed by atoms with E-state index in [-0.39, 0.29) is 49.0 Å². The number of rotatable bonds is 3. The van der Waals surface area contributed by atoms with Crippen LogP contribution in [0, 0.1) is 11.3 Å². The van der Waals surface area contributed by atoms with Gasteiger partial charge in [0.05, 0.1) is 0 Å². The van der Waals surface area contributed by atoms with E-state index < -0.39 is 0 Å². The second-order valence-corrected chi connectivity index (χ2v) is 8.08. The molecule has 0 aliphatic carbocycles. The smallest absolute Gasteiger partial charge is 0.310 e. The first kappa shape index (κ1) is 20.3. The molecule has 1 heteroatoms. The van der Waals surface area contributed by atoms with Crippen molar-refractivity contribution in [3.05, 3.63) is 41.3 Å². The van der Waals surface area contributed by atoms with Gasteiger partial charge in [0.1, 0.15) is 0 Å². The average Bonchev–Trinajstić information content (AvgIpc) is 2.27. The Hall–Kier alpha value is 0.324. The molecule has 1 aromatic carbocycles. The van der Waals surface area contributed by atoms with Gasteiger partial charge in [-0.25, -0.2) is 0 Å². The van der Waals surface area contributed by atoms with E-state index in [0.29, 0.717) is 0 Å². The molecule has 0 unspecified atom stereocenters. The van der Waals surface area contributed by atoms with Crippen LogP contribution in [0.25, 0.3) is 0 Å². The molecule has 0 spiro atoms. The predicted molar refractivity (Wildman–Crippen MR) is 86.5 cm³/mol. The predicted octanol–water partition coefficient (Wildman–Crippen LogP) is 5.90. The molecule has 0 saturated carbocycles. The summed E-state index contributed by atoms with van der Waals surface area (Å²) in [7, 11) is 0. The molecule has 0 atom stereocenters. The van der Waals surface area contributed by atoms with Gasteiger partial charge in [-0.1, -0.05) is 78.3 Å². The van der Waals surface area contributed by atoms with Crippen LogP contribution in [-0.4, -0.2) is 0 Å². The summed E-state index contributed by atoms with van der Waals surface area (Å²) >= 11 is 0. The van der Waals surface area contributed by atoms with Gasteiger partial charge < -0.3 is 5.92 Å². The summed E-state index contributed by atoms with van der Waals surface area (Å²) in [6.45, 7) is 20.6. The largest absolute Gasteiger partial charge is 3.00 e. The Morgan fingerprint density at radius 1 is 0.700 bits per heavy atom. The van der Waals surface area contributed by atoms with Crippen LogP contribution in [0.5, 0.6) is 0 Å². The third-order valence-corrected chi connectivity index (χ3v) is 5.45. The van der Waals surface area contributed by atoms with Crippen LogP contribution < -0.4 is 0 Å². The van der Waals surface area contributed by atoms with E-state index in [4.69, 9.17) is 0 Å². The van der Waals surface area contributed by atoms with Crippen molar-refractivity contribution in [2.24, 2.45) is 5.41 Å². The minimum atomic E-state index is 0. The molecule has 20 heavy (non-hydrogen) atoms. The Morgan fingerprint density at radius 3 is 1.35 bits per heavy atom. The molecule has 0 aliphatic rings. The van der Waals surface area contributed by atoms with Gasteiger partial charge in [-0.05, 0) is 16.4 Å². The van der Waals surface area contributed by atoms with Gasteiger partial charge >= 0.3 is 32.7 Å². The minimum Gasteiger partial charge on any atom is -0.310 e. The first-order chi connectivity index (χ1) is 8.40. The number of hydrogen-bond donors (Lipinski definition) is 0. The maximum atomic E-state index is 2.34. The van der Waals surface area contributed by atoms with Crippen LogP contribution in [0.15, 0.2) is 24.3 Å². The van der Waals surface area contributed by atoms with Gasteiger partial charge in [-0.15, -0.1) is 5.41 Å². The molecule has 1 aromatic rings. The maximum Gasteiger partial charge on any atom is 3.00 e. The Balaban J connectivity index is 0.00000361. The van der Waals surface area contributed by atoms with E-state index >= 15 is 0 Å². The van der Waals surface area contributed by atoms with Crippen molar-refractivity contribution < 1.29 is 32.7 Å². The van der Waals surface area contributed by atoms with E-state index in [1.165, 1.54) is 17.0 Å². The summed E-state index contributed by atoms with van der Waals surface area (Å²) in [5.41, 5.74) is 3.43. The second kappa shape index (κ2) is 6.61. The molecule has 0 aromatic heterocycles. The van der Waals surface area contributed by atoms with Crippen molar-refractivity contribution in [3.8, 4) is 0 Å². The maximum absolute atomic E-state index is 2.34. The molecule has 0 radical (unpaired) electrons. The fraction of sp³-hybridized carbons (Fsp3) is 0.632. The fourth-order valence-electron chi connectivity index (χ4n) is 2.03. The van der Waals surface area contributed by atoms with Gasteiger partial charge in [-0.2, -0.15) is 13.8 Å². The summed E-state index contributed by atoms with van der Waals surface area (Å²) < 4.78 is 0. The summed E-state index contributed by atoms with van der Waals surface area (Å²) in [4.78, 5) is 0. The molecule has 0 heterocycles. The Bertz CT molecular complexity index is 416. The molecule has 0 nitrogen and oxygen atoms in total. The zero-order chi connectivity index (χ0) is 15.1. The summed E-state index contributed by atoms with van der Waals surface area (Å²) in [6, 6.07) is 9.22. The quantitative estimate of drug-likeness (QED) is 0.597. The second-order valence-electron chi connectivity index (χ2n) is 8.08. The van der Waals surface area contributed by atoms with Crippen LogP contribution >= 0.6 is 0 Å². The molecule has 0 N–H and O–H groups in total. The molecule has 0 aliphatic heterocycles. The van der Waals surface area contributed by atoms with Gasteiger partial charge in [0.2, 0.25) is 0 Å². The standard InChI is InChI=1S/C19H31.Y/c1-14(2)18(6,7)15-10-12-16(13-11-15)19(8,9)17(3,4)5;/h10-13H,1-9H3;/q-1;+3. The summed E-state index contributed by atoms with van der Waals surface area (Å²) in [5, 5.41) is 0. The average molecular weight is 348 g/mol. The van der Waals surface area contributed by atoms with E-state index in [1.54, 1.807) is 0 Å². The normalized spacial score (nSPS) is 13.3. The van der Waals surface area contributed by atoms with Crippen molar-refractivity contribution in [2.45, 2.75) is 73.1 Å². The Kier molecular flexibility index (Phi) is 6.72. The van der Waals surface area contributed by atoms with Crippen molar-refractivity contribution >= 4 is 0 Å². The van der Waals surface area contributed by atoms with Gasteiger partial charge in [0.15, 0.2) is 0 Å². The molecule has 0 fully saturated rings. The van der Waals surface area contributed by atoms with Crippen LogP contribution in [0.1, 0.15) is 73.4 Å². The number of benzene rings is 1. The van der Waals surface area contributed by atoms with Crippen molar-refractivity contribution in [3.63, 3.8) is 0 Å². The van der Waals surface area contributed by atoms with E-state index in [1.807, 2.05) is 0 Å². The Labute approximate surface area is 152 Å². The number of hydrogen-bond acceptors (Lipinski definition) is 0. The molecule has 1 rings (SSSR count). The van der Waals surface area contributed by atoms with Crippen LogP contribution in [0.3, 0.4) is 0 Å². The first-order valence-electron chi connectivity index (χ1n) is 7.32. The van der Waals surface area contributed by atoms with Crippen LogP contribution in [-0.2, 0) is 43.5 Å². The summed E-state index contributed by atoms with van der Waals surface area (Å²) in [5.74, 6) is 1.45. The molecule has 0 amide bonds. The van der Waals surface area contributed by atoms with E-state index in [2.05, 4.69) is 86.6 Å². The fourth-order valence-corrected chi connectivity index (χ4v) is 2.03. The van der Waals surface area contributed by atoms with Gasteiger partial charge in [0, 0.05) is 0 Å². The summed E-state index contributed by atoms with van der Waals surface area (Å²) in [6.07, 6.45) is 0. The molecular weight excluding hydrogens is 317 g/mol. The molecule has 0 bridgehead atoms. The monoisotopic (exact) mass is 348 g/mol. The van der Waals surface area contributed by atoms with Crippen molar-refractivity contribution in [1.82, 2.24) is 0 Å². The van der Waals surface area contributed by atoms with Crippen LogP contribution in [0.2, 0.25) is 0 Å². The third kappa shape index (κ3) is 3.95. The third-order valence-electron chi connectivity index (χ3n) is 5.45. The van der Waals surface area contributed by atoms with Gasteiger partial charge in [0.25, 0.3) is 0 Å². The van der Waals surface area contributed by atoms with E-state index in [0.717, 1.165) is 0 Å². The van der Waals surface area contributed by atoms with Crippen LogP contribution in [0.4, 0.5) is 0 Å². The molecule has 108 valence electrons. The molecular formula is C19H31Y+2. The Morgan fingerprint density at radius 2 is 1.05 bits per heavy atom. The minimum absolute atomic E-state index is 0. The van der Waals surface area contributed by atoms with E-state index in [9.17, 15) is 0 Å². The van der Waals surface area contributed by atoms with Crippen molar-refractivity contribution in [1.29, 1.82) is 0 Å². The van der Waals surface area contributed by atoms with Crippen molar-refractivity contribution in [2.75, 3.05) is 0 Å². The topological polar surface area (TPSA) is 0 Å². The zero-order valence-corrected chi connectivity index (χ0v) is 17.7. The van der Waals surface area contributed by atoms with Gasteiger partial charge in [-0.3, -0.25) is 0 Å². The SMILES string of the molecule is C[C-](C)C(C)(C)c1ccc(C(C)(C)C(C)(C)C)cc1.[Y+3]. The first-order valence-corrected chi connectivity index (χ1v) is 7.32. The molecule has 0 saturated heterocycles.